The first-order valence-electron chi connectivity index (χ1n) is 6.22. The average Bonchev–Trinajstić information content (AvgIpc) is 2.30. The molecule has 0 unspecified atom stereocenters. The highest BCUT2D eigenvalue weighted by molar-refractivity contribution is 5.99. The zero-order valence-corrected chi connectivity index (χ0v) is 11.5. The summed E-state index contributed by atoms with van der Waals surface area (Å²) < 4.78 is 5.48. The van der Waals surface area contributed by atoms with E-state index in [1.165, 1.54) is 6.92 Å². The minimum Gasteiger partial charge on any atom is -0.494 e. The van der Waals surface area contributed by atoms with Crippen LogP contribution >= 0.6 is 0 Å². The predicted octanol–water partition coefficient (Wildman–Crippen LogP) is 3.25. The predicted molar refractivity (Wildman–Crippen MR) is 71.3 cm³/mol. The third-order valence-corrected chi connectivity index (χ3v) is 2.83. The van der Waals surface area contributed by atoms with Crippen LogP contribution in [0.15, 0.2) is 12.1 Å². The van der Waals surface area contributed by atoms with Crippen molar-refractivity contribution in [1.82, 2.24) is 0 Å². The van der Waals surface area contributed by atoms with Crippen molar-refractivity contribution in [3.63, 3.8) is 0 Å². The summed E-state index contributed by atoms with van der Waals surface area (Å²) in [6.07, 6.45) is 0.591. The molecule has 1 aromatic rings. The van der Waals surface area contributed by atoms with Crippen molar-refractivity contribution in [2.24, 2.45) is 0 Å². The van der Waals surface area contributed by atoms with Gasteiger partial charge in [-0.2, -0.15) is 0 Å². The molecule has 18 heavy (non-hydrogen) atoms. The molecule has 0 aliphatic heterocycles. The van der Waals surface area contributed by atoms with Gasteiger partial charge in [0, 0.05) is 18.4 Å². The smallest absolute Gasteiger partial charge is 0.163 e. The van der Waals surface area contributed by atoms with Gasteiger partial charge in [-0.25, -0.2) is 0 Å². The first-order valence-corrected chi connectivity index (χ1v) is 6.22. The molecule has 0 bridgehead atoms. The Kier molecular flexibility index (Phi) is 5.08. The summed E-state index contributed by atoms with van der Waals surface area (Å²) in [6.45, 7) is 7.86. The lowest BCUT2D eigenvalue weighted by atomic mass is 9.98. The van der Waals surface area contributed by atoms with Gasteiger partial charge >= 0.3 is 0 Å². The van der Waals surface area contributed by atoms with Crippen molar-refractivity contribution in [3.05, 3.63) is 28.8 Å². The second-order valence-corrected chi connectivity index (χ2v) is 4.49. The Balaban J connectivity index is 2.93. The van der Waals surface area contributed by atoms with Crippen LogP contribution in [0.25, 0.3) is 0 Å². The lowest BCUT2D eigenvalue weighted by molar-refractivity contribution is -0.116. The maximum absolute atomic E-state index is 12.0. The molecule has 1 aromatic carbocycles. The molecule has 3 nitrogen and oxygen atoms in total. The van der Waals surface area contributed by atoms with Crippen LogP contribution in [0.5, 0.6) is 5.75 Å². The average molecular weight is 248 g/mol. The number of hydrogen-bond donors (Lipinski definition) is 0. The van der Waals surface area contributed by atoms with Gasteiger partial charge < -0.3 is 9.53 Å². The zero-order chi connectivity index (χ0) is 13.7. The Morgan fingerprint density at radius 2 is 1.78 bits per heavy atom. The maximum Gasteiger partial charge on any atom is 0.163 e. The van der Waals surface area contributed by atoms with Crippen LogP contribution in [-0.2, 0) is 4.79 Å². The van der Waals surface area contributed by atoms with Crippen LogP contribution in [0.1, 0.15) is 48.2 Å². The van der Waals surface area contributed by atoms with E-state index < -0.39 is 0 Å². The highest BCUT2D eigenvalue weighted by atomic mass is 16.5. The topological polar surface area (TPSA) is 43.4 Å². The minimum absolute atomic E-state index is 0.0221. The molecule has 98 valence electrons. The highest BCUT2D eigenvalue weighted by Crippen LogP contribution is 2.24. The van der Waals surface area contributed by atoms with Crippen LogP contribution in [-0.4, -0.2) is 18.2 Å². The molecule has 0 fully saturated rings. The van der Waals surface area contributed by atoms with Crippen LogP contribution < -0.4 is 4.74 Å². The van der Waals surface area contributed by atoms with E-state index in [4.69, 9.17) is 4.74 Å². The van der Waals surface area contributed by atoms with Crippen molar-refractivity contribution in [3.8, 4) is 5.75 Å². The van der Waals surface area contributed by atoms with Gasteiger partial charge in [0.05, 0.1) is 6.61 Å². The molecular formula is C15H20O3. The van der Waals surface area contributed by atoms with E-state index in [1.54, 1.807) is 0 Å². The summed E-state index contributed by atoms with van der Waals surface area (Å²) in [6, 6.07) is 3.74. The third kappa shape index (κ3) is 3.69. The van der Waals surface area contributed by atoms with Gasteiger partial charge in [0.15, 0.2) is 5.78 Å². The Morgan fingerprint density at radius 3 is 2.33 bits per heavy atom. The summed E-state index contributed by atoms with van der Waals surface area (Å²) in [7, 11) is 0. The number of hydrogen-bond acceptors (Lipinski definition) is 3. The quantitative estimate of drug-likeness (QED) is 0.726. The lowest BCUT2D eigenvalue weighted by Gasteiger charge is -2.11. The summed E-state index contributed by atoms with van der Waals surface area (Å²) >= 11 is 0. The number of carbonyl (C=O) groups is 2. The summed E-state index contributed by atoms with van der Waals surface area (Å²) in [5.74, 6) is 0.885. The van der Waals surface area contributed by atoms with E-state index in [9.17, 15) is 9.59 Å². The fourth-order valence-corrected chi connectivity index (χ4v) is 1.83. The summed E-state index contributed by atoms with van der Waals surface area (Å²) in [4.78, 5) is 22.9. The number of rotatable bonds is 6. The van der Waals surface area contributed by atoms with Gasteiger partial charge in [-0.15, -0.1) is 0 Å². The third-order valence-electron chi connectivity index (χ3n) is 2.83. The van der Waals surface area contributed by atoms with E-state index in [2.05, 4.69) is 0 Å². The fraction of sp³-hybridized carbons (Fsp3) is 0.467. The number of benzene rings is 1. The van der Waals surface area contributed by atoms with E-state index in [0.29, 0.717) is 18.6 Å². The first-order chi connectivity index (χ1) is 8.45. The van der Waals surface area contributed by atoms with Gasteiger partial charge in [-0.05, 0) is 51.0 Å². The Morgan fingerprint density at radius 1 is 1.11 bits per heavy atom. The van der Waals surface area contributed by atoms with Gasteiger partial charge in [0.1, 0.15) is 11.5 Å². The normalized spacial score (nSPS) is 10.2. The summed E-state index contributed by atoms with van der Waals surface area (Å²) in [5.41, 5.74) is 2.54. The Hall–Kier alpha value is -1.64. The molecule has 0 heterocycles. The molecule has 0 spiro atoms. The van der Waals surface area contributed by atoms with Crippen molar-refractivity contribution in [2.45, 2.75) is 40.5 Å². The summed E-state index contributed by atoms with van der Waals surface area (Å²) in [5, 5.41) is 0. The Bertz CT molecular complexity index is 461. The number of Topliss-reactive ketones (excluding diaryl/α,β-unsaturated/α-hetero) is 2. The second kappa shape index (κ2) is 6.34. The van der Waals surface area contributed by atoms with Crippen LogP contribution in [0.2, 0.25) is 0 Å². The molecule has 0 saturated carbocycles. The number of carbonyl (C=O) groups excluding carboxylic acids is 2. The number of aryl methyl sites for hydroxylation is 2. The molecule has 0 atom stereocenters. The largest absolute Gasteiger partial charge is 0.494 e. The van der Waals surface area contributed by atoms with Gasteiger partial charge in [0.2, 0.25) is 0 Å². The van der Waals surface area contributed by atoms with Gasteiger partial charge in [0.25, 0.3) is 0 Å². The maximum atomic E-state index is 12.0. The van der Waals surface area contributed by atoms with E-state index in [-0.39, 0.29) is 18.0 Å². The molecule has 3 heteroatoms. The first kappa shape index (κ1) is 14.4. The fourth-order valence-electron chi connectivity index (χ4n) is 1.83. The molecule has 0 aliphatic carbocycles. The van der Waals surface area contributed by atoms with Gasteiger partial charge in [-0.3, -0.25) is 4.79 Å². The lowest BCUT2D eigenvalue weighted by Crippen LogP contribution is -2.06. The van der Waals surface area contributed by atoms with Crippen molar-refractivity contribution in [2.75, 3.05) is 6.61 Å². The van der Waals surface area contributed by atoms with Crippen molar-refractivity contribution in [1.29, 1.82) is 0 Å². The minimum atomic E-state index is 0.0221. The van der Waals surface area contributed by atoms with Crippen molar-refractivity contribution >= 4 is 11.6 Å². The van der Waals surface area contributed by atoms with Crippen LogP contribution in [0.4, 0.5) is 0 Å². The zero-order valence-electron chi connectivity index (χ0n) is 11.5. The molecule has 0 saturated heterocycles. The van der Waals surface area contributed by atoms with E-state index >= 15 is 0 Å². The molecule has 0 aliphatic rings. The Labute approximate surface area is 108 Å². The number of ether oxygens (including phenoxy) is 1. The molecule has 0 N–H and O–H groups in total. The van der Waals surface area contributed by atoms with Crippen LogP contribution in [0, 0.1) is 13.8 Å². The van der Waals surface area contributed by atoms with Crippen LogP contribution in [0.3, 0.4) is 0 Å². The standard InChI is InChI=1S/C15H20O3/c1-5-18-15-9-10(2)13(8-11(15)3)14(17)7-6-12(4)16/h8-9H,5-7H2,1-4H3. The molecule has 1 rings (SSSR count). The molecule has 0 radical (unpaired) electrons. The van der Waals surface area contributed by atoms with Crippen molar-refractivity contribution < 1.29 is 14.3 Å². The SMILES string of the molecule is CCOc1cc(C)c(C(=O)CCC(C)=O)cc1C. The molecule has 0 aromatic heterocycles. The highest BCUT2D eigenvalue weighted by Gasteiger charge is 2.12. The van der Waals surface area contributed by atoms with E-state index in [0.717, 1.165) is 16.9 Å². The number of ketones is 2. The second-order valence-electron chi connectivity index (χ2n) is 4.49. The van der Waals surface area contributed by atoms with Gasteiger partial charge in [-0.1, -0.05) is 0 Å². The molecular weight excluding hydrogens is 228 g/mol. The monoisotopic (exact) mass is 248 g/mol. The molecule has 0 amide bonds. The van der Waals surface area contributed by atoms with E-state index in [1.807, 2.05) is 32.9 Å².